The van der Waals surface area contributed by atoms with Crippen LogP contribution in [0.1, 0.15) is 27.6 Å². The monoisotopic (exact) mass is 576 g/mol. The SMILES string of the molecule is CC(=O)O[C@H]1[C@H](O[C@H]2[C@H](O)[C@@H](COC(=O)c3ccccc3)O[C@@H]2COC(=O)c2ccccc2)O[C@@H](CO)[C@@H](O)[C@@H]1O. The van der Waals surface area contributed by atoms with Crippen LogP contribution in [0.4, 0.5) is 0 Å². The first-order valence-electron chi connectivity index (χ1n) is 12.9. The second kappa shape index (κ2) is 14.0. The second-order valence-electron chi connectivity index (χ2n) is 9.51. The summed E-state index contributed by atoms with van der Waals surface area (Å²) < 4.78 is 33.1. The highest BCUT2D eigenvalue weighted by Crippen LogP contribution is 2.31. The second-order valence-corrected chi connectivity index (χ2v) is 9.51. The molecule has 9 atom stereocenters. The molecule has 0 unspecified atom stereocenters. The number of carbonyl (C=O) groups excluding carboxylic acids is 3. The Hall–Kier alpha value is -3.43. The highest BCUT2D eigenvalue weighted by Gasteiger charge is 2.52. The number of hydrogen-bond acceptors (Lipinski definition) is 13. The van der Waals surface area contributed by atoms with E-state index in [1.54, 1.807) is 60.7 Å². The van der Waals surface area contributed by atoms with E-state index in [1.807, 2.05) is 0 Å². The molecule has 41 heavy (non-hydrogen) atoms. The van der Waals surface area contributed by atoms with E-state index in [4.69, 9.17) is 28.4 Å². The molecule has 13 heteroatoms. The van der Waals surface area contributed by atoms with Gasteiger partial charge in [0.15, 0.2) is 12.4 Å². The van der Waals surface area contributed by atoms with E-state index in [2.05, 4.69) is 0 Å². The van der Waals surface area contributed by atoms with E-state index in [0.717, 1.165) is 6.92 Å². The average Bonchev–Trinajstić information content (AvgIpc) is 3.28. The smallest absolute Gasteiger partial charge is 0.338 e. The molecule has 2 aromatic carbocycles. The maximum atomic E-state index is 12.5. The van der Waals surface area contributed by atoms with Crippen molar-refractivity contribution in [2.45, 2.75) is 62.0 Å². The van der Waals surface area contributed by atoms with Crippen LogP contribution >= 0.6 is 0 Å². The van der Waals surface area contributed by atoms with Crippen LogP contribution in [0.15, 0.2) is 60.7 Å². The van der Waals surface area contributed by atoms with Crippen LogP contribution in [0.2, 0.25) is 0 Å². The van der Waals surface area contributed by atoms with Crippen LogP contribution in [0.3, 0.4) is 0 Å². The maximum Gasteiger partial charge on any atom is 0.338 e. The molecule has 0 amide bonds. The Kier molecular flexibility index (Phi) is 10.4. The Bertz CT molecular complexity index is 1160. The van der Waals surface area contributed by atoms with Gasteiger partial charge < -0.3 is 48.8 Å². The predicted molar refractivity (Wildman–Crippen MR) is 136 cm³/mol. The largest absolute Gasteiger partial charge is 0.459 e. The molecule has 4 rings (SSSR count). The lowest BCUT2D eigenvalue weighted by atomic mass is 9.98. The van der Waals surface area contributed by atoms with E-state index in [9.17, 15) is 34.8 Å². The molecule has 2 aromatic rings. The average molecular weight is 577 g/mol. The molecule has 0 aromatic heterocycles. The van der Waals surface area contributed by atoms with Gasteiger partial charge in [-0.1, -0.05) is 36.4 Å². The summed E-state index contributed by atoms with van der Waals surface area (Å²) in [5.74, 6) is -2.15. The molecule has 13 nitrogen and oxygen atoms in total. The summed E-state index contributed by atoms with van der Waals surface area (Å²) in [6.07, 6.45) is -12.8. The molecule has 2 aliphatic rings. The molecule has 2 heterocycles. The number of aliphatic hydroxyl groups excluding tert-OH is 4. The van der Waals surface area contributed by atoms with E-state index >= 15 is 0 Å². The third-order valence-electron chi connectivity index (χ3n) is 6.63. The van der Waals surface area contributed by atoms with Gasteiger partial charge in [0.25, 0.3) is 0 Å². The summed E-state index contributed by atoms with van der Waals surface area (Å²) in [7, 11) is 0. The van der Waals surface area contributed by atoms with Gasteiger partial charge in [0.05, 0.1) is 17.7 Å². The minimum absolute atomic E-state index is 0.269. The van der Waals surface area contributed by atoms with Gasteiger partial charge in [-0.3, -0.25) is 4.79 Å². The lowest BCUT2D eigenvalue weighted by molar-refractivity contribution is -0.320. The van der Waals surface area contributed by atoms with Crippen molar-refractivity contribution in [3.8, 4) is 0 Å². The van der Waals surface area contributed by atoms with Crippen molar-refractivity contribution >= 4 is 17.9 Å². The van der Waals surface area contributed by atoms with Gasteiger partial charge in [0, 0.05) is 6.92 Å². The Morgan fingerprint density at radius 3 is 1.76 bits per heavy atom. The first kappa shape index (κ1) is 30.5. The fourth-order valence-corrected chi connectivity index (χ4v) is 4.52. The number of carbonyl (C=O) groups is 3. The van der Waals surface area contributed by atoms with Crippen molar-refractivity contribution in [1.82, 2.24) is 0 Å². The predicted octanol–water partition coefficient (Wildman–Crippen LogP) is -0.415. The minimum atomic E-state index is -1.70. The number of ether oxygens (including phenoxy) is 6. The van der Waals surface area contributed by atoms with Crippen molar-refractivity contribution in [2.24, 2.45) is 0 Å². The van der Waals surface area contributed by atoms with Gasteiger partial charge in [-0.2, -0.15) is 0 Å². The first-order valence-corrected chi connectivity index (χ1v) is 12.9. The quantitative estimate of drug-likeness (QED) is 0.211. The molecule has 2 fully saturated rings. The van der Waals surface area contributed by atoms with E-state index in [-0.39, 0.29) is 11.1 Å². The highest BCUT2D eigenvalue weighted by atomic mass is 16.7. The normalized spacial score (nSPS) is 31.3. The fraction of sp³-hybridized carbons (Fsp3) is 0.464. The maximum absolute atomic E-state index is 12.5. The van der Waals surface area contributed by atoms with Gasteiger partial charge in [0.1, 0.15) is 55.9 Å². The van der Waals surface area contributed by atoms with E-state index < -0.39 is 92.9 Å². The van der Waals surface area contributed by atoms with Crippen LogP contribution < -0.4 is 0 Å². The number of aliphatic hydroxyl groups is 4. The Morgan fingerprint density at radius 2 is 1.24 bits per heavy atom. The van der Waals surface area contributed by atoms with Crippen LogP contribution in [0, 0.1) is 0 Å². The minimum Gasteiger partial charge on any atom is -0.459 e. The summed E-state index contributed by atoms with van der Waals surface area (Å²) in [4.78, 5) is 36.7. The Labute approximate surface area is 235 Å². The lowest BCUT2D eigenvalue weighted by Gasteiger charge is -2.42. The van der Waals surface area contributed by atoms with Crippen molar-refractivity contribution in [2.75, 3.05) is 19.8 Å². The van der Waals surface area contributed by atoms with E-state index in [1.165, 1.54) is 0 Å². The summed E-state index contributed by atoms with van der Waals surface area (Å²) in [5.41, 5.74) is 0.550. The van der Waals surface area contributed by atoms with Gasteiger partial charge in [0.2, 0.25) is 0 Å². The molecular weight excluding hydrogens is 544 g/mol. The number of hydrogen-bond donors (Lipinski definition) is 4. The Balaban J connectivity index is 1.51. The van der Waals surface area contributed by atoms with Crippen molar-refractivity contribution in [1.29, 1.82) is 0 Å². The van der Waals surface area contributed by atoms with Crippen LogP contribution in [-0.2, 0) is 33.2 Å². The molecule has 0 bridgehead atoms. The third-order valence-corrected chi connectivity index (χ3v) is 6.63. The van der Waals surface area contributed by atoms with Gasteiger partial charge in [-0.25, -0.2) is 9.59 Å². The van der Waals surface area contributed by atoms with Crippen LogP contribution in [0.5, 0.6) is 0 Å². The van der Waals surface area contributed by atoms with E-state index in [0.29, 0.717) is 0 Å². The summed E-state index contributed by atoms with van der Waals surface area (Å²) in [5, 5.41) is 41.5. The lowest BCUT2D eigenvalue weighted by Crippen LogP contribution is -2.61. The van der Waals surface area contributed by atoms with Crippen LogP contribution in [0.25, 0.3) is 0 Å². The van der Waals surface area contributed by atoms with Crippen LogP contribution in [-0.4, -0.2) is 113 Å². The molecule has 0 saturated carbocycles. The summed E-state index contributed by atoms with van der Waals surface area (Å²) in [6.45, 7) is -0.426. The molecule has 222 valence electrons. The molecule has 0 radical (unpaired) electrons. The number of rotatable bonds is 10. The standard InChI is InChI=1S/C28H32O13/c1-15(30)38-25-23(33)21(31)18(12-29)40-28(25)41-24-20(14-37-27(35)17-10-6-3-7-11-17)39-19(22(24)32)13-36-26(34)16-8-4-2-5-9-16/h2-11,18-25,28-29,31-33H,12-14H2,1H3/t18-,19+,20+,21+,22+,23-,24+,25+,28-/m0/s1. The summed E-state index contributed by atoms with van der Waals surface area (Å²) in [6, 6.07) is 16.3. The molecule has 0 aliphatic carbocycles. The van der Waals surface area contributed by atoms with Crippen molar-refractivity contribution in [3.63, 3.8) is 0 Å². The van der Waals surface area contributed by atoms with Gasteiger partial charge in [-0.05, 0) is 24.3 Å². The highest BCUT2D eigenvalue weighted by molar-refractivity contribution is 5.89. The third kappa shape index (κ3) is 7.45. The zero-order valence-corrected chi connectivity index (χ0v) is 22.1. The number of benzene rings is 2. The molecule has 2 saturated heterocycles. The van der Waals surface area contributed by atoms with Gasteiger partial charge in [-0.15, -0.1) is 0 Å². The Morgan fingerprint density at radius 1 is 0.707 bits per heavy atom. The molecule has 2 aliphatic heterocycles. The fourth-order valence-electron chi connectivity index (χ4n) is 4.52. The van der Waals surface area contributed by atoms with Crippen molar-refractivity contribution < 1.29 is 63.2 Å². The molecular formula is C28H32O13. The topological polar surface area (TPSA) is 188 Å². The first-order chi connectivity index (χ1) is 19.7. The van der Waals surface area contributed by atoms with Crippen molar-refractivity contribution in [3.05, 3.63) is 71.8 Å². The number of esters is 3. The zero-order valence-electron chi connectivity index (χ0n) is 22.1. The summed E-state index contributed by atoms with van der Waals surface area (Å²) >= 11 is 0. The zero-order chi connectivity index (χ0) is 29.5. The molecule has 4 N–H and O–H groups in total. The van der Waals surface area contributed by atoms with Gasteiger partial charge >= 0.3 is 17.9 Å². The molecule has 0 spiro atoms.